The first-order chi connectivity index (χ1) is 5.09. The van der Waals surface area contributed by atoms with E-state index in [-0.39, 0.29) is 11.2 Å². The molecule has 0 aliphatic heterocycles. The van der Waals surface area contributed by atoms with Gasteiger partial charge < -0.3 is 11.5 Å². The fourth-order valence-corrected chi connectivity index (χ4v) is 0.852. The summed E-state index contributed by atoms with van der Waals surface area (Å²) >= 11 is 4.18. The van der Waals surface area contributed by atoms with Crippen molar-refractivity contribution in [2.24, 2.45) is 0 Å². The van der Waals surface area contributed by atoms with Crippen LogP contribution in [0, 0.1) is 0 Å². The van der Waals surface area contributed by atoms with E-state index >= 15 is 0 Å². The van der Waals surface area contributed by atoms with Crippen LogP contribution in [0.5, 0.6) is 0 Å². The highest BCUT2D eigenvalue weighted by molar-refractivity contribution is 7.80. The molecule has 1 heterocycles. The van der Waals surface area contributed by atoms with E-state index in [4.69, 9.17) is 11.5 Å². The fraction of sp³-hybridized carbons (Fsp3) is 0.333. The van der Waals surface area contributed by atoms with Gasteiger partial charge >= 0.3 is 0 Å². The number of thiol groups is 1. The average Bonchev–Trinajstić information content (AvgIpc) is 1.85. The topological polar surface area (TPSA) is 77.8 Å². The zero-order chi connectivity index (χ0) is 8.43. The molecule has 1 aromatic heterocycles. The van der Waals surface area contributed by atoms with Gasteiger partial charge in [0.1, 0.15) is 5.82 Å². The van der Waals surface area contributed by atoms with Gasteiger partial charge in [0.25, 0.3) is 0 Å². The summed E-state index contributed by atoms with van der Waals surface area (Å²) in [6.45, 7) is 1.89. The summed E-state index contributed by atoms with van der Waals surface area (Å²) < 4.78 is 0. The second-order valence-corrected chi connectivity index (χ2v) is 3.03. The van der Waals surface area contributed by atoms with E-state index in [1.165, 1.54) is 0 Å². The maximum Gasteiger partial charge on any atom is 0.222 e. The van der Waals surface area contributed by atoms with Crippen molar-refractivity contribution >= 4 is 24.4 Å². The standard InChI is InChI=1S/C6H10N4S/c1-3(11)4-2-5(7)10-6(8)9-4/h2-3,11H,1H3,(H4,7,8,9,10). The van der Waals surface area contributed by atoms with Crippen molar-refractivity contribution in [2.45, 2.75) is 12.2 Å². The second-order valence-electron chi connectivity index (χ2n) is 2.25. The molecule has 1 aromatic rings. The molecule has 0 radical (unpaired) electrons. The Morgan fingerprint density at radius 1 is 1.45 bits per heavy atom. The number of hydrogen-bond donors (Lipinski definition) is 3. The Morgan fingerprint density at radius 2 is 2.09 bits per heavy atom. The van der Waals surface area contributed by atoms with Gasteiger partial charge in [-0.15, -0.1) is 0 Å². The predicted octanol–water partition coefficient (Wildman–Crippen LogP) is 0.632. The molecule has 1 unspecified atom stereocenters. The molecule has 1 atom stereocenters. The second kappa shape index (κ2) is 2.96. The van der Waals surface area contributed by atoms with Crippen molar-refractivity contribution in [1.82, 2.24) is 9.97 Å². The molecule has 1 rings (SSSR count). The zero-order valence-electron chi connectivity index (χ0n) is 6.15. The summed E-state index contributed by atoms with van der Waals surface area (Å²) in [5.41, 5.74) is 11.5. The molecule has 0 aliphatic carbocycles. The normalized spacial score (nSPS) is 12.9. The maximum atomic E-state index is 5.43. The van der Waals surface area contributed by atoms with Gasteiger partial charge in [0.2, 0.25) is 5.95 Å². The summed E-state index contributed by atoms with van der Waals surface area (Å²) in [7, 11) is 0. The minimum atomic E-state index is 0.0302. The molecule has 0 aromatic carbocycles. The molecule has 0 amide bonds. The molecule has 4 nitrogen and oxygen atoms in total. The van der Waals surface area contributed by atoms with Crippen molar-refractivity contribution < 1.29 is 0 Å². The maximum absolute atomic E-state index is 5.43. The number of anilines is 2. The van der Waals surface area contributed by atoms with E-state index in [0.29, 0.717) is 5.82 Å². The third-order valence-electron chi connectivity index (χ3n) is 1.21. The SMILES string of the molecule is CC(S)c1cc(N)nc(N)n1. The Hall–Kier alpha value is -0.970. The van der Waals surface area contributed by atoms with Gasteiger partial charge in [-0.05, 0) is 6.92 Å². The first-order valence-electron chi connectivity index (χ1n) is 3.17. The van der Waals surface area contributed by atoms with Gasteiger partial charge in [0.05, 0.1) is 5.69 Å². The minimum Gasteiger partial charge on any atom is -0.384 e. The first kappa shape index (κ1) is 8.13. The summed E-state index contributed by atoms with van der Waals surface area (Å²) in [6, 6.07) is 1.66. The van der Waals surface area contributed by atoms with Crippen LogP contribution < -0.4 is 11.5 Å². The molecule has 0 bridgehead atoms. The third kappa shape index (κ3) is 1.98. The molecule has 0 saturated carbocycles. The molecular formula is C6H10N4S. The fourth-order valence-electron chi connectivity index (χ4n) is 0.720. The van der Waals surface area contributed by atoms with Crippen LogP contribution in [0.1, 0.15) is 17.9 Å². The number of rotatable bonds is 1. The molecular weight excluding hydrogens is 160 g/mol. The molecule has 0 fully saturated rings. The molecule has 60 valence electrons. The minimum absolute atomic E-state index is 0.0302. The van der Waals surface area contributed by atoms with Crippen LogP contribution in [0.15, 0.2) is 6.07 Å². The third-order valence-corrected chi connectivity index (χ3v) is 1.48. The van der Waals surface area contributed by atoms with Crippen LogP contribution in [0.2, 0.25) is 0 Å². The van der Waals surface area contributed by atoms with E-state index in [2.05, 4.69) is 22.6 Å². The van der Waals surface area contributed by atoms with Crippen LogP contribution in [-0.4, -0.2) is 9.97 Å². The number of nitrogens with two attached hydrogens (primary N) is 2. The van der Waals surface area contributed by atoms with Crippen molar-refractivity contribution in [2.75, 3.05) is 11.5 Å². The van der Waals surface area contributed by atoms with E-state index in [9.17, 15) is 0 Å². The van der Waals surface area contributed by atoms with Crippen molar-refractivity contribution in [3.05, 3.63) is 11.8 Å². The van der Waals surface area contributed by atoms with Gasteiger partial charge in [0, 0.05) is 11.3 Å². The lowest BCUT2D eigenvalue weighted by molar-refractivity contribution is 0.996. The van der Waals surface area contributed by atoms with Crippen LogP contribution in [-0.2, 0) is 0 Å². The molecule has 0 spiro atoms. The molecule has 11 heavy (non-hydrogen) atoms. The Morgan fingerprint density at radius 3 is 2.55 bits per heavy atom. The summed E-state index contributed by atoms with van der Waals surface area (Å²) in [4.78, 5) is 7.67. The molecule has 0 aliphatic rings. The van der Waals surface area contributed by atoms with Crippen molar-refractivity contribution in [1.29, 1.82) is 0 Å². The predicted molar refractivity (Wildman–Crippen MR) is 48.3 cm³/mol. The summed E-state index contributed by atoms with van der Waals surface area (Å²) in [5.74, 6) is 0.578. The van der Waals surface area contributed by atoms with Gasteiger partial charge in [-0.3, -0.25) is 0 Å². The van der Waals surface area contributed by atoms with Crippen LogP contribution in [0.3, 0.4) is 0 Å². The number of hydrogen-bond acceptors (Lipinski definition) is 5. The molecule has 0 saturated heterocycles. The lowest BCUT2D eigenvalue weighted by atomic mass is 10.3. The lowest BCUT2D eigenvalue weighted by Gasteiger charge is -2.04. The van der Waals surface area contributed by atoms with Crippen LogP contribution in [0.25, 0.3) is 0 Å². The Kier molecular flexibility index (Phi) is 2.19. The largest absolute Gasteiger partial charge is 0.384 e. The number of nitrogen functional groups attached to an aromatic ring is 2. The van der Waals surface area contributed by atoms with E-state index in [0.717, 1.165) is 5.69 Å². The number of aromatic nitrogens is 2. The van der Waals surface area contributed by atoms with Crippen LogP contribution in [0.4, 0.5) is 11.8 Å². The molecule has 4 N–H and O–H groups in total. The molecule has 5 heteroatoms. The van der Waals surface area contributed by atoms with Gasteiger partial charge in [-0.25, -0.2) is 4.98 Å². The smallest absolute Gasteiger partial charge is 0.222 e. The summed E-state index contributed by atoms with van der Waals surface area (Å²) in [5, 5.41) is 0.0302. The highest BCUT2D eigenvalue weighted by atomic mass is 32.1. The quantitative estimate of drug-likeness (QED) is 0.540. The highest BCUT2D eigenvalue weighted by Crippen LogP contribution is 2.18. The van der Waals surface area contributed by atoms with Crippen LogP contribution >= 0.6 is 12.6 Å². The summed E-state index contributed by atoms with van der Waals surface area (Å²) in [6.07, 6.45) is 0. The zero-order valence-corrected chi connectivity index (χ0v) is 7.05. The van der Waals surface area contributed by atoms with Gasteiger partial charge in [-0.1, -0.05) is 0 Å². The first-order valence-corrected chi connectivity index (χ1v) is 3.69. The Labute approximate surface area is 70.4 Å². The van der Waals surface area contributed by atoms with E-state index in [1.54, 1.807) is 6.07 Å². The monoisotopic (exact) mass is 170 g/mol. The lowest BCUT2D eigenvalue weighted by Crippen LogP contribution is -2.02. The van der Waals surface area contributed by atoms with Crippen molar-refractivity contribution in [3.8, 4) is 0 Å². The van der Waals surface area contributed by atoms with E-state index in [1.807, 2.05) is 6.92 Å². The Bertz CT molecular complexity index is 241. The van der Waals surface area contributed by atoms with E-state index < -0.39 is 0 Å². The number of nitrogens with zero attached hydrogens (tertiary/aromatic N) is 2. The van der Waals surface area contributed by atoms with Gasteiger partial charge in [-0.2, -0.15) is 17.6 Å². The van der Waals surface area contributed by atoms with Gasteiger partial charge in [0.15, 0.2) is 0 Å². The van der Waals surface area contributed by atoms with Crippen molar-refractivity contribution in [3.63, 3.8) is 0 Å². The average molecular weight is 170 g/mol. The highest BCUT2D eigenvalue weighted by Gasteiger charge is 2.03. The Balaban J connectivity index is 3.08.